The topological polar surface area (TPSA) is 116 Å². The van der Waals surface area contributed by atoms with E-state index in [0.717, 1.165) is 27.8 Å². The van der Waals surface area contributed by atoms with E-state index in [0.29, 0.717) is 5.56 Å². The maximum absolute atomic E-state index is 12.8. The van der Waals surface area contributed by atoms with Gasteiger partial charge >= 0.3 is 12.0 Å². The van der Waals surface area contributed by atoms with Crippen molar-refractivity contribution in [2.24, 2.45) is 0 Å². The molecule has 8 heteroatoms. The number of nitrogens with one attached hydrogen (secondary N) is 2. The Morgan fingerprint density at radius 1 is 1.09 bits per heavy atom. The van der Waals surface area contributed by atoms with Gasteiger partial charge in [0.05, 0.1) is 12.5 Å². The molecule has 0 spiro atoms. The normalized spacial score (nSPS) is 16.5. The summed E-state index contributed by atoms with van der Waals surface area (Å²) in [6.45, 7) is 5.71. The van der Waals surface area contributed by atoms with Crippen molar-refractivity contribution in [2.45, 2.75) is 39.3 Å². The summed E-state index contributed by atoms with van der Waals surface area (Å²) in [7, 11) is 1.48. The fourth-order valence-electron chi connectivity index (χ4n) is 4.06. The molecule has 0 saturated carbocycles. The molecule has 1 aliphatic rings. The van der Waals surface area contributed by atoms with Crippen molar-refractivity contribution in [2.75, 3.05) is 7.05 Å². The summed E-state index contributed by atoms with van der Waals surface area (Å²) in [6, 6.07) is 8.73. The molecule has 0 bridgehead atoms. The maximum atomic E-state index is 12.8. The summed E-state index contributed by atoms with van der Waals surface area (Å²) >= 11 is 0. The molecular formula is C25H27N3O5. The Morgan fingerprint density at radius 3 is 2.39 bits per heavy atom. The molecule has 8 nitrogen and oxygen atoms in total. The van der Waals surface area contributed by atoms with E-state index < -0.39 is 35.8 Å². The Labute approximate surface area is 192 Å². The van der Waals surface area contributed by atoms with Gasteiger partial charge in [0.2, 0.25) is 0 Å². The van der Waals surface area contributed by atoms with Crippen LogP contribution in [0.25, 0.3) is 11.1 Å². The first-order chi connectivity index (χ1) is 15.6. The highest BCUT2D eigenvalue weighted by Crippen LogP contribution is 2.34. The SMILES string of the molecule is Cc1cc(-c2ccccc2)c(C)c(C(CC(=O)O)NC(=O)NC2C(=O)C=CN(C)C2=O)c1C. The molecule has 3 N–H and O–H groups in total. The molecule has 2 atom stereocenters. The van der Waals surface area contributed by atoms with Crippen LogP contribution in [0.5, 0.6) is 0 Å². The van der Waals surface area contributed by atoms with Crippen molar-refractivity contribution < 1.29 is 24.3 Å². The Bertz CT molecular complexity index is 1140. The third-order valence-corrected chi connectivity index (χ3v) is 5.90. The van der Waals surface area contributed by atoms with Crippen molar-refractivity contribution in [3.8, 4) is 11.1 Å². The summed E-state index contributed by atoms with van der Waals surface area (Å²) in [5.41, 5.74) is 5.29. The van der Waals surface area contributed by atoms with Crippen molar-refractivity contribution >= 4 is 23.7 Å². The number of rotatable bonds is 6. The number of hydrogen-bond acceptors (Lipinski definition) is 4. The van der Waals surface area contributed by atoms with Gasteiger partial charge in [0.15, 0.2) is 11.8 Å². The molecule has 172 valence electrons. The second kappa shape index (κ2) is 9.68. The lowest BCUT2D eigenvalue weighted by atomic mass is 9.86. The van der Waals surface area contributed by atoms with E-state index in [-0.39, 0.29) is 6.42 Å². The Morgan fingerprint density at radius 2 is 1.76 bits per heavy atom. The largest absolute Gasteiger partial charge is 0.481 e. The number of carboxylic acid groups (broad SMARTS) is 1. The third kappa shape index (κ3) is 5.11. The van der Waals surface area contributed by atoms with Crippen LogP contribution in [0.4, 0.5) is 4.79 Å². The molecule has 0 aromatic heterocycles. The van der Waals surface area contributed by atoms with Crippen molar-refractivity contribution in [3.05, 3.63) is 70.9 Å². The van der Waals surface area contributed by atoms with Crippen LogP contribution >= 0.6 is 0 Å². The van der Waals surface area contributed by atoms with Gasteiger partial charge in [0, 0.05) is 19.3 Å². The lowest BCUT2D eigenvalue weighted by molar-refractivity contribution is -0.138. The van der Waals surface area contributed by atoms with Gasteiger partial charge in [-0.05, 0) is 54.2 Å². The number of aryl methyl sites for hydroxylation is 1. The minimum atomic E-state index is -1.36. The van der Waals surface area contributed by atoms with E-state index in [1.165, 1.54) is 24.2 Å². The van der Waals surface area contributed by atoms with Gasteiger partial charge in [-0.2, -0.15) is 0 Å². The van der Waals surface area contributed by atoms with Gasteiger partial charge in [-0.15, -0.1) is 0 Å². The molecule has 1 aliphatic heterocycles. The third-order valence-electron chi connectivity index (χ3n) is 5.90. The first-order valence-electron chi connectivity index (χ1n) is 10.5. The number of carbonyl (C=O) groups is 4. The summed E-state index contributed by atoms with van der Waals surface area (Å²) in [5.74, 6) is -2.20. The fourth-order valence-corrected chi connectivity index (χ4v) is 4.06. The van der Waals surface area contributed by atoms with Crippen LogP contribution in [-0.4, -0.2) is 46.8 Å². The number of amides is 3. The zero-order chi connectivity index (χ0) is 24.3. The van der Waals surface area contributed by atoms with Crippen LogP contribution in [0.15, 0.2) is 48.7 Å². The standard InChI is InChI=1S/C25H27N3O5/c1-14-12-18(17-8-6-5-7-9-17)16(3)22(15(14)2)19(13-21(30)31)26-25(33)27-23-20(29)10-11-28(4)24(23)32/h5-12,19,23H,13H2,1-4H3,(H,30,31)(H2,26,27,33). The van der Waals surface area contributed by atoms with E-state index in [4.69, 9.17) is 0 Å². The molecule has 0 aliphatic carbocycles. The zero-order valence-corrected chi connectivity index (χ0v) is 19.0. The highest BCUT2D eigenvalue weighted by Gasteiger charge is 2.33. The highest BCUT2D eigenvalue weighted by atomic mass is 16.4. The predicted molar refractivity (Wildman–Crippen MR) is 123 cm³/mol. The van der Waals surface area contributed by atoms with Crippen LogP contribution in [-0.2, 0) is 14.4 Å². The number of aliphatic carboxylic acids is 1. The first-order valence-corrected chi connectivity index (χ1v) is 10.5. The highest BCUT2D eigenvalue weighted by molar-refractivity contribution is 6.14. The van der Waals surface area contributed by atoms with Gasteiger partial charge in [-0.1, -0.05) is 36.4 Å². The molecule has 3 rings (SSSR count). The van der Waals surface area contributed by atoms with Crippen LogP contribution < -0.4 is 10.6 Å². The van der Waals surface area contributed by atoms with Gasteiger partial charge in [-0.3, -0.25) is 14.4 Å². The number of benzene rings is 2. The molecule has 3 amide bonds. The van der Waals surface area contributed by atoms with Gasteiger partial charge in [0.25, 0.3) is 5.91 Å². The van der Waals surface area contributed by atoms with Gasteiger partial charge < -0.3 is 20.6 Å². The average Bonchev–Trinajstić information content (AvgIpc) is 2.76. The summed E-state index contributed by atoms with van der Waals surface area (Å²) < 4.78 is 0. The van der Waals surface area contributed by atoms with Crippen LogP contribution in [0.3, 0.4) is 0 Å². The summed E-state index contributed by atoms with van der Waals surface area (Å²) in [6.07, 6.45) is 2.18. The van der Waals surface area contributed by atoms with E-state index in [1.54, 1.807) is 0 Å². The smallest absolute Gasteiger partial charge is 0.316 e. The van der Waals surface area contributed by atoms with E-state index in [9.17, 15) is 24.3 Å². The zero-order valence-electron chi connectivity index (χ0n) is 19.0. The lowest BCUT2D eigenvalue weighted by Gasteiger charge is -2.27. The Hall–Kier alpha value is -3.94. The monoisotopic (exact) mass is 449 g/mol. The predicted octanol–water partition coefficient (Wildman–Crippen LogP) is 3.02. The van der Waals surface area contributed by atoms with Crippen LogP contribution in [0, 0.1) is 20.8 Å². The summed E-state index contributed by atoms with van der Waals surface area (Å²) in [5, 5.41) is 14.6. The molecule has 2 aromatic rings. The Balaban J connectivity index is 1.96. The lowest BCUT2D eigenvalue weighted by Crippen LogP contribution is -2.55. The quantitative estimate of drug-likeness (QED) is 0.587. The number of carbonyl (C=O) groups excluding carboxylic acids is 3. The molecule has 1 heterocycles. The number of nitrogens with zero attached hydrogens (tertiary/aromatic N) is 1. The second-order valence-electron chi connectivity index (χ2n) is 8.14. The van der Waals surface area contributed by atoms with Crippen molar-refractivity contribution in [3.63, 3.8) is 0 Å². The van der Waals surface area contributed by atoms with E-state index >= 15 is 0 Å². The molecule has 0 radical (unpaired) electrons. The Kier molecular flexibility index (Phi) is 6.96. The molecule has 2 aromatic carbocycles. The number of urea groups is 1. The number of hydrogen-bond donors (Lipinski definition) is 3. The molecule has 0 fully saturated rings. The van der Waals surface area contributed by atoms with Crippen molar-refractivity contribution in [1.82, 2.24) is 15.5 Å². The molecule has 33 heavy (non-hydrogen) atoms. The van der Waals surface area contributed by atoms with Crippen molar-refractivity contribution in [1.29, 1.82) is 0 Å². The molecule has 0 saturated heterocycles. The number of likely N-dealkylation sites (N-methyl/N-ethyl adjacent to an activating group) is 1. The molecule has 2 unspecified atom stereocenters. The van der Waals surface area contributed by atoms with Crippen LogP contribution in [0.2, 0.25) is 0 Å². The second-order valence-corrected chi connectivity index (χ2v) is 8.14. The van der Waals surface area contributed by atoms with Gasteiger partial charge in [0.1, 0.15) is 0 Å². The van der Waals surface area contributed by atoms with Crippen LogP contribution in [0.1, 0.15) is 34.7 Å². The molecular weight excluding hydrogens is 422 g/mol. The van der Waals surface area contributed by atoms with Gasteiger partial charge in [-0.25, -0.2) is 4.79 Å². The summed E-state index contributed by atoms with van der Waals surface area (Å²) in [4.78, 5) is 50.0. The van der Waals surface area contributed by atoms with E-state index in [1.807, 2.05) is 57.2 Å². The first kappa shape index (κ1) is 23.7. The minimum Gasteiger partial charge on any atom is -0.481 e. The fraction of sp³-hybridized carbons (Fsp3) is 0.280. The van der Waals surface area contributed by atoms with E-state index in [2.05, 4.69) is 10.6 Å². The average molecular weight is 450 g/mol. The maximum Gasteiger partial charge on any atom is 0.316 e. The number of carboxylic acids is 1. The number of ketones is 1. The minimum absolute atomic E-state index is 0.362.